The lowest BCUT2D eigenvalue weighted by Gasteiger charge is -2.04. The molecule has 0 bridgehead atoms. The lowest BCUT2D eigenvalue weighted by atomic mass is 10.2. The van der Waals surface area contributed by atoms with E-state index in [1.807, 2.05) is 18.2 Å². The minimum atomic E-state index is -0.254. The average Bonchev–Trinajstić information content (AvgIpc) is 2.57. The lowest BCUT2D eigenvalue weighted by molar-refractivity contribution is -0.121. The fraction of sp³-hybridized carbons (Fsp3) is 0.167. The standard InChI is InChI=1S/C12H10INO3S/c1-14-11(15)10(18-12(14)16)6-7-3-4-9(17-2)8(13)5-7/h3-6H,1-2H3/b10-6-. The Hall–Kier alpha value is -1.02. The van der Waals surface area contributed by atoms with Gasteiger partial charge in [0.05, 0.1) is 15.6 Å². The summed E-state index contributed by atoms with van der Waals surface area (Å²) in [7, 11) is 3.09. The lowest BCUT2D eigenvalue weighted by Crippen LogP contribution is -2.22. The largest absolute Gasteiger partial charge is 0.496 e. The van der Waals surface area contributed by atoms with Crippen molar-refractivity contribution in [3.8, 4) is 5.75 Å². The molecule has 2 rings (SSSR count). The summed E-state index contributed by atoms with van der Waals surface area (Å²) in [6, 6.07) is 5.59. The Kier molecular flexibility index (Phi) is 3.96. The maximum atomic E-state index is 11.7. The molecule has 1 aliphatic rings. The SMILES string of the molecule is COc1ccc(/C=C2\SC(=O)N(C)C2=O)cc1I. The summed E-state index contributed by atoms with van der Waals surface area (Å²) >= 11 is 3.12. The third kappa shape index (κ3) is 2.54. The summed E-state index contributed by atoms with van der Waals surface area (Å²) < 4.78 is 6.12. The number of halogens is 1. The maximum absolute atomic E-state index is 11.7. The van der Waals surface area contributed by atoms with Crippen LogP contribution in [0.2, 0.25) is 0 Å². The first kappa shape index (κ1) is 13.4. The third-order valence-corrected chi connectivity index (χ3v) is 4.26. The summed E-state index contributed by atoms with van der Waals surface area (Å²) in [5.74, 6) is 0.534. The van der Waals surface area contributed by atoms with Crippen LogP contribution in [0.25, 0.3) is 6.08 Å². The molecule has 6 heteroatoms. The van der Waals surface area contributed by atoms with Crippen LogP contribution in [0, 0.1) is 3.57 Å². The zero-order valence-corrected chi connectivity index (χ0v) is 12.7. The number of thioether (sulfide) groups is 1. The highest BCUT2D eigenvalue weighted by atomic mass is 127. The maximum Gasteiger partial charge on any atom is 0.293 e. The van der Waals surface area contributed by atoms with Gasteiger partial charge in [0.25, 0.3) is 11.1 Å². The first-order valence-corrected chi connectivity index (χ1v) is 6.97. The van der Waals surface area contributed by atoms with Crippen LogP contribution < -0.4 is 4.74 Å². The number of amides is 2. The van der Waals surface area contributed by atoms with E-state index in [0.717, 1.165) is 31.5 Å². The number of rotatable bonds is 2. The number of hydrogen-bond donors (Lipinski definition) is 0. The van der Waals surface area contributed by atoms with Gasteiger partial charge < -0.3 is 4.74 Å². The summed E-state index contributed by atoms with van der Waals surface area (Å²) in [5, 5.41) is -0.241. The van der Waals surface area contributed by atoms with Crippen molar-refractivity contribution in [2.45, 2.75) is 0 Å². The van der Waals surface area contributed by atoms with Gasteiger partial charge >= 0.3 is 0 Å². The van der Waals surface area contributed by atoms with E-state index >= 15 is 0 Å². The molecule has 0 aromatic heterocycles. The highest BCUT2D eigenvalue weighted by Gasteiger charge is 2.31. The Morgan fingerprint density at radius 1 is 1.39 bits per heavy atom. The average molecular weight is 375 g/mol. The Bertz CT molecular complexity index is 556. The van der Waals surface area contributed by atoms with Crippen LogP contribution in [-0.4, -0.2) is 30.2 Å². The van der Waals surface area contributed by atoms with E-state index < -0.39 is 0 Å². The van der Waals surface area contributed by atoms with Crippen molar-refractivity contribution in [2.75, 3.05) is 14.2 Å². The van der Waals surface area contributed by atoms with Crippen molar-refractivity contribution in [1.29, 1.82) is 0 Å². The fourth-order valence-corrected chi connectivity index (χ4v) is 3.06. The number of benzene rings is 1. The number of carbonyl (C=O) groups excluding carboxylic acids is 2. The molecule has 0 saturated carbocycles. The number of imide groups is 1. The minimum Gasteiger partial charge on any atom is -0.496 e. The van der Waals surface area contributed by atoms with Crippen molar-refractivity contribution >= 4 is 51.6 Å². The van der Waals surface area contributed by atoms with Crippen LogP contribution >= 0.6 is 34.4 Å². The molecule has 1 aromatic rings. The molecule has 1 fully saturated rings. The first-order valence-electron chi connectivity index (χ1n) is 5.08. The number of ether oxygens (including phenoxy) is 1. The zero-order valence-electron chi connectivity index (χ0n) is 9.77. The van der Waals surface area contributed by atoms with E-state index in [0.29, 0.717) is 4.91 Å². The van der Waals surface area contributed by atoms with Gasteiger partial charge in [-0.05, 0) is 58.1 Å². The Labute approximate surface area is 123 Å². The Balaban J connectivity index is 2.32. The predicted molar refractivity (Wildman–Crippen MR) is 79.4 cm³/mol. The second kappa shape index (κ2) is 5.31. The Morgan fingerprint density at radius 2 is 2.11 bits per heavy atom. The second-order valence-corrected chi connectivity index (χ2v) is 5.79. The van der Waals surface area contributed by atoms with Gasteiger partial charge in [-0.25, -0.2) is 0 Å². The molecule has 0 radical (unpaired) electrons. The van der Waals surface area contributed by atoms with Crippen molar-refractivity contribution in [2.24, 2.45) is 0 Å². The van der Waals surface area contributed by atoms with E-state index in [2.05, 4.69) is 22.6 Å². The van der Waals surface area contributed by atoms with E-state index in [9.17, 15) is 9.59 Å². The minimum absolute atomic E-state index is 0.241. The summed E-state index contributed by atoms with van der Waals surface area (Å²) in [6.07, 6.45) is 1.72. The Morgan fingerprint density at radius 3 is 2.61 bits per heavy atom. The smallest absolute Gasteiger partial charge is 0.293 e. The number of nitrogens with zero attached hydrogens (tertiary/aromatic N) is 1. The van der Waals surface area contributed by atoms with Crippen molar-refractivity contribution in [1.82, 2.24) is 4.90 Å². The molecule has 18 heavy (non-hydrogen) atoms. The molecular weight excluding hydrogens is 365 g/mol. The summed E-state index contributed by atoms with van der Waals surface area (Å²) in [4.78, 5) is 24.6. The fourth-order valence-electron chi connectivity index (χ4n) is 1.47. The molecule has 1 heterocycles. The molecule has 0 N–H and O–H groups in total. The van der Waals surface area contributed by atoms with Gasteiger partial charge in [-0.15, -0.1) is 0 Å². The first-order chi connectivity index (χ1) is 8.52. The number of hydrogen-bond acceptors (Lipinski definition) is 4. The quantitative estimate of drug-likeness (QED) is 0.589. The molecule has 4 nitrogen and oxygen atoms in total. The van der Waals surface area contributed by atoms with Gasteiger partial charge in [-0.1, -0.05) is 6.07 Å². The third-order valence-electron chi connectivity index (χ3n) is 2.46. The van der Waals surface area contributed by atoms with Gasteiger partial charge in [0, 0.05) is 7.05 Å². The van der Waals surface area contributed by atoms with E-state index in [1.165, 1.54) is 7.05 Å². The van der Waals surface area contributed by atoms with Crippen molar-refractivity contribution < 1.29 is 14.3 Å². The molecule has 0 spiro atoms. The molecule has 0 unspecified atom stereocenters. The molecule has 0 aliphatic carbocycles. The second-order valence-electron chi connectivity index (χ2n) is 3.63. The van der Waals surface area contributed by atoms with Gasteiger partial charge in [-0.3, -0.25) is 14.5 Å². The predicted octanol–water partition coefficient (Wildman–Crippen LogP) is 2.97. The molecule has 1 aromatic carbocycles. The monoisotopic (exact) mass is 375 g/mol. The number of likely N-dealkylation sites (N-methyl/N-ethyl adjacent to an activating group) is 1. The molecule has 2 amide bonds. The van der Waals surface area contributed by atoms with Crippen molar-refractivity contribution in [3.05, 3.63) is 32.2 Å². The highest BCUT2D eigenvalue weighted by Crippen LogP contribution is 2.32. The van der Waals surface area contributed by atoms with Gasteiger partial charge in [0.1, 0.15) is 5.75 Å². The number of methoxy groups -OCH3 is 1. The van der Waals surface area contributed by atoms with Crippen LogP contribution in [-0.2, 0) is 4.79 Å². The van der Waals surface area contributed by atoms with Crippen LogP contribution in [0.3, 0.4) is 0 Å². The number of carbonyl (C=O) groups is 2. The van der Waals surface area contributed by atoms with Crippen LogP contribution in [0.1, 0.15) is 5.56 Å². The summed E-state index contributed by atoms with van der Waals surface area (Å²) in [6.45, 7) is 0. The van der Waals surface area contributed by atoms with Crippen LogP contribution in [0.5, 0.6) is 5.75 Å². The molecule has 94 valence electrons. The van der Waals surface area contributed by atoms with Gasteiger partial charge in [-0.2, -0.15) is 0 Å². The highest BCUT2D eigenvalue weighted by molar-refractivity contribution is 14.1. The van der Waals surface area contributed by atoms with E-state index in [4.69, 9.17) is 4.74 Å². The topological polar surface area (TPSA) is 46.6 Å². The van der Waals surface area contributed by atoms with Crippen LogP contribution in [0.15, 0.2) is 23.1 Å². The van der Waals surface area contributed by atoms with Crippen molar-refractivity contribution in [3.63, 3.8) is 0 Å². The molecule has 1 saturated heterocycles. The molecular formula is C12H10INO3S. The van der Waals surface area contributed by atoms with E-state index in [-0.39, 0.29) is 11.1 Å². The van der Waals surface area contributed by atoms with Crippen LogP contribution in [0.4, 0.5) is 4.79 Å². The molecule has 1 aliphatic heterocycles. The normalized spacial score (nSPS) is 17.7. The molecule has 0 atom stereocenters. The zero-order chi connectivity index (χ0) is 13.3. The van der Waals surface area contributed by atoms with Gasteiger partial charge in [0.15, 0.2) is 0 Å². The van der Waals surface area contributed by atoms with E-state index in [1.54, 1.807) is 13.2 Å². The summed E-state index contributed by atoms with van der Waals surface area (Å²) in [5.41, 5.74) is 0.874. The van der Waals surface area contributed by atoms with Gasteiger partial charge in [0.2, 0.25) is 0 Å².